The molecule has 0 saturated carbocycles. The minimum absolute atomic E-state index is 0.00606. The third-order valence-corrected chi connectivity index (χ3v) is 5.71. The maximum Gasteiger partial charge on any atom is 0.339 e. The van der Waals surface area contributed by atoms with E-state index in [9.17, 15) is 29.4 Å². The molecule has 0 saturated heterocycles. The van der Waals surface area contributed by atoms with Crippen molar-refractivity contribution in [2.75, 3.05) is 26.5 Å². The van der Waals surface area contributed by atoms with Crippen LogP contribution in [0.2, 0.25) is 10.0 Å². The molecule has 36 heavy (non-hydrogen) atoms. The Labute approximate surface area is 215 Å². The number of hydrogen-bond donors (Lipinski definition) is 3. The van der Waals surface area contributed by atoms with Gasteiger partial charge in [0.2, 0.25) is 0 Å². The summed E-state index contributed by atoms with van der Waals surface area (Å²) in [6, 6.07) is 11.1. The summed E-state index contributed by atoms with van der Waals surface area (Å²) in [5, 5.41) is 22.8. The van der Waals surface area contributed by atoms with Gasteiger partial charge >= 0.3 is 11.9 Å². The van der Waals surface area contributed by atoms with Crippen molar-refractivity contribution in [3.63, 3.8) is 0 Å². The molecule has 0 aromatic heterocycles. The van der Waals surface area contributed by atoms with Gasteiger partial charge in [0.1, 0.15) is 11.3 Å². The molecule has 3 rings (SSSR count). The summed E-state index contributed by atoms with van der Waals surface area (Å²) in [5.74, 6) is -4.48. The number of aromatic carboxylic acids is 1. The molecule has 0 aliphatic heterocycles. The number of benzene rings is 3. The van der Waals surface area contributed by atoms with Crippen LogP contribution in [0, 0.1) is 0 Å². The smallest absolute Gasteiger partial charge is 0.339 e. The number of rotatable bonds is 6. The van der Waals surface area contributed by atoms with E-state index in [1.165, 1.54) is 39.4 Å². The highest BCUT2D eigenvalue weighted by molar-refractivity contribution is 6.36. The second-order valence-electron chi connectivity index (χ2n) is 7.75. The molecule has 0 bridgehead atoms. The molecule has 0 heterocycles. The Hall–Kier alpha value is -4.08. The van der Waals surface area contributed by atoms with Crippen LogP contribution in [0.15, 0.2) is 48.5 Å². The molecule has 3 aromatic rings. The monoisotopic (exact) mass is 530 g/mol. The fourth-order valence-corrected chi connectivity index (χ4v) is 3.90. The second-order valence-corrected chi connectivity index (χ2v) is 8.59. The maximum absolute atomic E-state index is 13.3. The zero-order valence-electron chi connectivity index (χ0n) is 19.3. The third-order valence-electron chi connectivity index (χ3n) is 5.16. The van der Waals surface area contributed by atoms with Crippen LogP contribution in [-0.4, -0.2) is 60.1 Å². The van der Waals surface area contributed by atoms with E-state index < -0.39 is 35.1 Å². The number of methoxy groups -OCH3 is 1. The van der Waals surface area contributed by atoms with Crippen molar-refractivity contribution >= 4 is 52.6 Å². The molecule has 0 unspecified atom stereocenters. The maximum atomic E-state index is 13.3. The van der Waals surface area contributed by atoms with Crippen LogP contribution in [0.5, 0.6) is 5.75 Å². The molecule has 11 heteroatoms. The Balaban J connectivity index is 2.14. The summed E-state index contributed by atoms with van der Waals surface area (Å²) in [4.78, 5) is 51.0. The van der Waals surface area contributed by atoms with Gasteiger partial charge in [0, 0.05) is 29.7 Å². The molecule has 0 fully saturated rings. The van der Waals surface area contributed by atoms with Gasteiger partial charge in [0.05, 0.1) is 29.5 Å². The molecule has 0 aliphatic carbocycles. The predicted molar refractivity (Wildman–Crippen MR) is 134 cm³/mol. The van der Waals surface area contributed by atoms with Crippen LogP contribution in [0.4, 0.5) is 5.69 Å². The molecule has 0 spiro atoms. The predicted octanol–water partition coefficient (Wildman–Crippen LogP) is 4.80. The third kappa shape index (κ3) is 5.42. The van der Waals surface area contributed by atoms with Crippen LogP contribution in [0.1, 0.15) is 41.4 Å². The Morgan fingerprint density at radius 2 is 1.58 bits per heavy atom. The second kappa shape index (κ2) is 10.7. The molecule has 2 amide bonds. The van der Waals surface area contributed by atoms with E-state index in [0.29, 0.717) is 21.2 Å². The standard InChI is InChI=1S/C25H20Cl2N2O7/c1-29(2)23(32)17-10-18(24(33)34)21(30)11-16(17)22(31)28-20-8-12(4-6-15(20)25(35)36-3)14-7-5-13(26)9-19(14)27/h4-11,30H,1-3H3,(H,28,31)(H,33,34). The first kappa shape index (κ1) is 26.5. The van der Waals surface area contributed by atoms with Crippen LogP contribution in [-0.2, 0) is 4.74 Å². The summed E-state index contributed by atoms with van der Waals surface area (Å²) >= 11 is 12.3. The molecule has 186 valence electrons. The fourth-order valence-electron chi connectivity index (χ4n) is 3.38. The zero-order valence-corrected chi connectivity index (χ0v) is 20.8. The van der Waals surface area contributed by atoms with E-state index in [1.807, 2.05) is 0 Å². The molecule has 3 N–H and O–H groups in total. The number of carboxylic acid groups (broad SMARTS) is 1. The van der Waals surface area contributed by atoms with Crippen LogP contribution in [0.25, 0.3) is 11.1 Å². The van der Waals surface area contributed by atoms with Crippen molar-refractivity contribution in [2.45, 2.75) is 0 Å². The summed E-state index contributed by atoms with van der Waals surface area (Å²) < 4.78 is 4.80. The molecule has 3 aromatic carbocycles. The van der Waals surface area contributed by atoms with Gasteiger partial charge in [-0.15, -0.1) is 0 Å². The van der Waals surface area contributed by atoms with Crippen molar-refractivity contribution in [1.29, 1.82) is 0 Å². The molecular weight excluding hydrogens is 511 g/mol. The Kier molecular flexibility index (Phi) is 7.87. The van der Waals surface area contributed by atoms with Crippen molar-refractivity contribution in [3.8, 4) is 16.9 Å². The highest BCUT2D eigenvalue weighted by Gasteiger charge is 2.25. The van der Waals surface area contributed by atoms with Crippen LogP contribution in [0.3, 0.4) is 0 Å². The first-order chi connectivity index (χ1) is 16.9. The van der Waals surface area contributed by atoms with E-state index in [0.717, 1.165) is 17.0 Å². The van der Waals surface area contributed by atoms with Crippen LogP contribution < -0.4 is 5.32 Å². The SMILES string of the molecule is COC(=O)c1ccc(-c2ccc(Cl)cc2Cl)cc1NC(=O)c1cc(O)c(C(=O)O)cc1C(=O)N(C)C. The Morgan fingerprint density at radius 3 is 2.17 bits per heavy atom. The van der Waals surface area contributed by atoms with Gasteiger partial charge in [-0.05, 0) is 42.0 Å². The number of ether oxygens (including phenoxy) is 1. The van der Waals surface area contributed by atoms with E-state index >= 15 is 0 Å². The highest BCUT2D eigenvalue weighted by Crippen LogP contribution is 2.34. The van der Waals surface area contributed by atoms with Gasteiger partial charge in [-0.25, -0.2) is 9.59 Å². The molecule has 0 radical (unpaired) electrons. The quantitative estimate of drug-likeness (QED) is 0.389. The summed E-state index contributed by atoms with van der Waals surface area (Å²) in [5.41, 5.74) is 0.0257. The number of phenols is 1. The van der Waals surface area contributed by atoms with Gasteiger partial charge in [-0.1, -0.05) is 35.3 Å². The lowest BCUT2D eigenvalue weighted by molar-refractivity contribution is 0.0600. The van der Waals surface area contributed by atoms with E-state index in [-0.39, 0.29) is 22.4 Å². The number of halogens is 2. The zero-order chi connectivity index (χ0) is 26.7. The number of carbonyl (C=O) groups excluding carboxylic acids is 3. The minimum atomic E-state index is -1.48. The number of esters is 1. The van der Waals surface area contributed by atoms with E-state index in [1.54, 1.807) is 18.2 Å². The number of nitrogens with zero attached hydrogens (tertiary/aromatic N) is 1. The average Bonchev–Trinajstić information content (AvgIpc) is 2.82. The largest absolute Gasteiger partial charge is 0.507 e. The molecule has 0 aliphatic rings. The number of hydrogen-bond acceptors (Lipinski definition) is 6. The number of anilines is 1. The lowest BCUT2D eigenvalue weighted by Gasteiger charge is -2.17. The van der Waals surface area contributed by atoms with Gasteiger partial charge in [-0.2, -0.15) is 0 Å². The molecular formula is C25H20Cl2N2O7. The average molecular weight is 531 g/mol. The van der Waals surface area contributed by atoms with E-state index in [2.05, 4.69) is 5.32 Å². The first-order valence-electron chi connectivity index (χ1n) is 10.3. The van der Waals surface area contributed by atoms with Gasteiger partial charge in [0.25, 0.3) is 11.8 Å². The Bertz CT molecular complexity index is 1400. The topological polar surface area (TPSA) is 133 Å². The summed E-state index contributed by atoms with van der Waals surface area (Å²) in [7, 11) is 4.02. The molecule has 9 nitrogen and oxygen atoms in total. The van der Waals surface area contributed by atoms with E-state index in [4.69, 9.17) is 27.9 Å². The van der Waals surface area contributed by atoms with Crippen LogP contribution >= 0.6 is 23.2 Å². The normalized spacial score (nSPS) is 10.5. The van der Waals surface area contributed by atoms with Gasteiger partial charge < -0.3 is 25.2 Å². The number of aromatic hydroxyl groups is 1. The van der Waals surface area contributed by atoms with Gasteiger partial charge in [0.15, 0.2) is 0 Å². The summed E-state index contributed by atoms with van der Waals surface area (Å²) in [6.07, 6.45) is 0. The van der Waals surface area contributed by atoms with Gasteiger partial charge in [-0.3, -0.25) is 9.59 Å². The number of nitrogens with one attached hydrogen (secondary N) is 1. The van der Waals surface area contributed by atoms with Crippen molar-refractivity contribution in [2.24, 2.45) is 0 Å². The lowest BCUT2D eigenvalue weighted by atomic mass is 9.99. The Morgan fingerprint density at radius 1 is 0.889 bits per heavy atom. The fraction of sp³-hybridized carbons (Fsp3) is 0.120. The number of carboxylic acids is 1. The van der Waals surface area contributed by atoms with Crippen molar-refractivity contribution in [1.82, 2.24) is 4.90 Å². The highest BCUT2D eigenvalue weighted by atomic mass is 35.5. The number of carbonyl (C=O) groups is 4. The van der Waals surface area contributed by atoms with Crippen molar-refractivity contribution in [3.05, 3.63) is 80.8 Å². The molecule has 0 atom stereocenters. The minimum Gasteiger partial charge on any atom is -0.507 e. The first-order valence-corrected chi connectivity index (χ1v) is 11.0. The number of amides is 2. The lowest BCUT2D eigenvalue weighted by Crippen LogP contribution is -2.26. The van der Waals surface area contributed by atoms with Crippen molar-refractivity contribution < 1.29 is 34.1 Å². The summed E-state index contributed by atoms with van der Waals surface area (Å²) in [6.45, 7) is 0.